The molecule has 164 valence electrons. The number of nitrogens with one attached hydrogen (secondary N) is 3. The van der Waals surface area contributed by atoms with Crippen LogP contribution in [0.5, 0.6) is 11.5 Å². The third kappa shape index (κ3) is 9.34. The summed E-state index contributed by atoms with van der Waals surface area (Å²) >= 11 is 0. The van der Waals surface area contributed by atoms with Gasteiger partial charge in [-0.3, -0.25) is 9.79 Å². The van der Waals surface area contributed by atoms with E-state index in [2.05, 4.69) is 20.9 Å². The molecule has 0 aliphatic heterocycles. The summed E-state index contributed by atoms with van der Waals surface area (Å²) in [4.78, 5) is 16.2. The van der Waals surface area contributed by atoms with Gasteiger partial charge >= 0.3 is 0 Å². The molecule has 1 amide bonds. The molecule has 3 N–H and O–H groups in total. The van der Waals surface area contributed by atoms with Crippen molar-refractivity contribution in [1.82, 2.24) is 16.0 Å². The van der Waals surface area contributed by atoms with Crippen LogP contribution < -0.4 is 25.4 Å². The Morgan fingerprint density at radius 2 is 1.70 bits per heavy atom. The smallest absolute Gasteiger partial charge is 0.251 e. The number of halogens is 1. The van der Waals surface area contributed by atoms with E-state index in [-0.39, 0.29) is 36.0 Å². The Morgan fingerprint density at radius 3 is 2.40 bits per heavy atom. The van der Waals surface area contributed by atoms with Gasteiger partial charge in [0.15, 0.2) is 5.96 Å². The number of carbonyl (C=O) groups is 1. The average molecular weight is 526 g/mol. The van der Waals surface area contributed by atoms with Gasteiger partial charge in [-0.2, -0.15) is 0 Å². The van der Waals surface area contributed by atoms with Crippen molar-refractivity contribution >= 4 is 35.8 Å². The normalized spacial score (nSPS) is 11.6. The number of aliphatic imine (C=N–C) groups is 1. The highest BCUT2D eigenvalue weighted by molar-refractivity contribution is 14.0. The van der Waals surface area contributed by atoms with Gasteiger partial charge in [-0.15, -0.1) is 24.0 Å². The zero-order valence-electron chi connectivity index (χ0n) is 17.7. The second-order valence-corrected chi connectivity index (χ2v) is 6.46. The van der Waals surface area contributed by atoms with Crippen molar-refractivity contribution in [3.05, 3.63) is 60.2 Å². The third-order valence-corrected chi connectivity index (χ3v) is 4.13. The fourth-order valence-electron chi connectivity index (χ4n) is 2.60. The molecule has 0 aliphatic carbocycles. The highest BCUT2D eigenvalue weighted by Gasteiger charge is 2.07. The van der Waals surface area contributed by atoms with E-state index in [1.165, 1.54) is 0 Å². The summed E-state index contributed by atoms with van der Waals surface area (Å²) in [6.45, 7) is 3.87. The number of nitrogens with zero attached hydrogens (tertiary/aromatic N) is 1. The lowest BCUT2D eigenvalue weighted by atomic mass is 10.2. The third-order valence-electron chi connectivity index (χ3n) is 4.13. The van der Waals surface area contributed by atoms with Crippen LogP contribution in [0.15, 0.2) is 59.6 Å². The maximum atomic E-state index is 12.0. The van der Waals surface area contributed by atoms with Crippen molar-refractivity contribution in [2.45, 2.75) is 19.4 Å². The lowest BCUT2D eigenvalue weighted by Gasteiger charge is -2.18. The zero-order chi connectivity index (χ0) is 20.9. The Morgan fingerprint density at radius 1 is 1.00 bits per heavy atom. The molecule has 7 nitrogen and oxygen atoms in total. The zero-order valence-corrected chi connectivity index (χ0v) is 20.0. The summed E-state index contributed by atoms with van der Waals surface area (Å²) < 4.78 is 11.1. The van der Waals surface area contributed by atoms with Crippen molar-refractivity contribution in [2.75, 3.05) is 33.8 Å². The standard InChI is InChI=1S/C22H30N4O3.HI/c1-17(29-20-12-7-11-19(15-20)28-3)16-26-22(23-2)25-14-8-13-24-21(27)18-9-5-4-6-10-18;/h4-7,9-12,15,17H,8,13-14,16H2,1-3H3,(H,24,27)(H2,23,25,26);1H. The maximum absolute atomic E-state index is 12.0. The molecule has 2 aromatic carbocycles. The van der Waals surface area contributed by atoms with Crippen LogP contribution in [0, 0.1) is 0 Å². The van der Waals surface area contributed by atoms with Gasteiger partial charge in [-0.1, -0.05) is 24.3 Å². The molecule has 0 bridgehead atoms. The van der Waals surface area contributed by atoms with Gasteiger partial charge in [0.1, 0.15) is 17.6 Å². The summed E-state index contributed by atoms with van der Waals surface area (Å²) in [6.07, 6.45) is 0.737. The van der Waals surface area contributed by atoms with Gasteiger partial charge in [0.25, 0.3) is 5.91 Å². The molecule has 0 saturated heterocycles. The lowest BCUT2D eigenvalue weighted by molar-refractivity contribution is 0.0953. The number of hydrogen-bond donors (Lipinski definition) is 3. The molecule has 8 heteroatoms. The van der Waals surface area contributed by atoms with Crippen LogP contribution >= 0.6 is 24.0 Å². The minimum atomic E-state index is -0.0587. The van der Waals surface area contributed by atoms with E-state index >= 15 is 0 Å². The fraction of sp³-hybridized carbons (Fsp3) is 0.364. The summed E-state index contributed by atoms with van der Waals surface area (Å²) in [5, 5.41) is 9.38. The van der Waals surface area contributed by atoms with Gasteiger partial charge in [0.2, 0.25) is 0 Å². The second-order valence-electron chi connectivity index (χ2n) is 6.46. The number of benzene rings is 2. The summed E-state index contributed by atoms with van der Waals surface area (Å²) in [5.41, 5.74) is 0.669. The SMILES string of the molecule is CN=C(NCCCNC(=O)c1ccccc1)NCC(C)Oc1cccc(OC)c1.I. The average Bonchev–Trinajstić information content (AvgIpc) is 2.76. The van der Waals surface area contributed by atoms with Gasteiger partial charge < -0.3 is 25.4 Å². The highest BCUT2D eigenvalue weighted by Crippen LogP contribution is 2.19. The predicted octanol–water partition coefficient (Wildman–Crippen LogP) is 3.07. The Kier molecular flexibility index (Phi) is 12.3. The molecule has 1 atom stereocenters. The van der Waals surface area contributed by atoms with E-state index in [4.69, 9.17) is 9.47 Å². The van der Waals surface area contributed by atoms with Crippen molar-refractivity contribution < 1.29 is 14.3 Å². The van der Waals surface area contributed by atoms with Crippen LogP contribution in [-0.2, 0) is 0 Å². The Balaban J connectivity index is 0.00000450. The minimum Gasteiger partial charge on any atom is -0.497 e. The van der Waals surface area contributed by atoms with Gasteiger partial charge in [0, 0.05) is 31.8 Å². The molecule has 30 heavy (non-hydrogen) atoms. The van der Waals surface area contributed by atoms with Crippen LogP contribution in [0.25, 0.3) is 0 Å². The molecule has 0 heterocycles. The first-order valence-corrected chi connectivity index (χ1v) is 9.71. The van der Waals surface area contributed by atoms with Gasteiger partial charge in [-0.25, -0.2) is 0 Å². The van der Waals surface area contributed by atoms with E-state index in [0.717, 1.165) is 17.9 Å². The van der Waals surface area contributed by atoms with Crippen molar-refractivity contribution in [3.8, 4) is 11.5 Å². The molecular formula is C22H31IN4O3. The molecule has 0 radical (unpaired) electrons. The Labute approximate surface area is 195 Å². The highest BCUT2D eigenvalue weighted by atomic mass is 127. The molecule has 0 aromatic heterocycles. The number of rotatable bonds is 10. The number of hydrogen-bond acceptors (Lipinski definition) is 4. The fourth-order valence-corrected chi connectivity index (χ4v) is 2.60. The number of amides is 1. The maximum Gasteiger partial charge on any atom is 0.251 e. The van der Waals surface area contributed by atoms with E-state index in [0.29, 0.717) is 31.2 Å². The molecule has 0 aliphatic rings. The number of methoxy groups -OCH3 is 1. The van der Waals surface area contributed by atoms with E-state index < -0.39 is 0 Å². The number of carbonyl (C=O) groups excluding carboxylic acids is 1. The van der Waals surface area contributed by atoms with E-state index in [9.17, 15) is 4.79 Å². The molecule has 0 spiro atoms. The monoisotopic (exact) mass is 526 g/mol. The first kappa shape index (κ1) is 25.5. The molecule has 0 fully saturated rings. The Bertz CT molecular complexity index is 787. The van der Waals surface area contributed by atoms with Crippen LogP contribution in [0.3, 0.4) is 0 Å². The lowest BCUT2D eigenvalue weighted by Crippen LogP contribution is -2.42. The Hall–Kier alpha value is -2.49. The van der Waals surface area contributed by atoms with Crippen LogP contribution in [0.2, 0.25) is 0 Å². The van der Waals surface area contributed by atoms with E-state index in [1.807, 2.05) is 49.4 Å². The number of ether oxygens (including phenoxy) is 2. The first-order chi connectivity index (χ1) is 14.1. The van der Waals surface area contributed by atoms with Gasteiger partial charge in [0.05, 0.1) is 13.7 Å². The van der Waals surface area contributed by atoms with E-state index in [1.54, 1.807) is 26.3 Å². The predicted molar refractivity (Wildman–Crippen MR) is 131 cm³/mol. The topological polar surface area (TPSA) is 84.0 Å². The van der Waals surface area contributed by atoms with Crippen LogP contribution in [-0.4, -0.2) is 51.8 Å². The van der Waals surface area contributed by atoms with Crippen molar-refractivity contribution in [1.29, 1.82) is 0 Å². The second kappa shape index (κ2) is 14.5. The minimum absolute atomic E-state index is 0. The molecule has 1 unspecified atom stereocenters. The summed E-state index contributed by atoms with van der Waals surface area (Å²) in [5.74, 6) is 2.16. The van der Waals surface area contributed by atoms with Crippen molar-refractivity contribution in [3.63, 3.8) is 0 Å². The van der Waals surface area contributed by atoms with Crippen LogP contribution in [0.4, 0.5) is 0 Å². The molecule has 2 aromatic rings. The van der Waals surface area contributed by atoms with Crippen LogP contribution in [0.1, 0.15) is 23.7 Å². The number of guanidine groups is 1. The first-order valence-electron chi connectivity index (χ1n) is 9.71. The summed E-state index contributed by atoms with van der Waals surface area (Å²) in [7, 11) is 3.35. The molecule has 0 saturated carbocycles. The molecule has 2 rings (SSSR count). The van der Waals surface area contributed by atoms with Gasteiger partial charge in [-0.05, 0) is 37.6 Å². The summed E-state index contributed by atoms with van der Waals surface area (Å²) in [6, 6.07) is 16.7. The molecular weight excluding hydrogens is 495 g/mol. The quantitative estimate of drug-likeness (QED) is 0.192. The van der Waals surface area contributed by atoms with Crippen molar-refractivity contribution in [2.24, 2.45) is 4.99 Å². The largest absolute Gasteiger partial charge is 0.497 e.